The van der Waals surface area contributed by atoms with Crippen LogP contribution in [0, 0.1) is 0 Å². The molecule has 0 aliphatic heterocycles. The zero-order valence-corrected chi connectivity index (χ0v) is 17.2. The molecule has 28 heavy (non-hydrogen) atoms. The average molecular weight is 486 g/mol. The molecule has 0 amide bonds. The summed E-state index contributed by atoms with van der Waals surface area (Å²) in [5.41, 5.74) is 1.31. The van der Waals surface area contributed by atoms with Gasteiger partial charge in [-0.2, -0.15) is 0 Å². The summed E-state index contributed by atoms with van der Waals surface area (Å²) < 4.78 is 0. The van der Waals surface area contributed by atoms with Gasteiger partial charge in [0.05, 0.1) is 0 Å². The third-order valence-corrected chi connectivity index (χ3v) is 3.31. The van der Waals surface area contributed by atoms with Gasteiger partial charge in [0, 0.05) is 84.0 Å². The third kappa shape index (κ3) is 12.7. The number of hydrogen-bond donors (Lipinski definition) is 4. The number of rotatable bonds is 8. The van der Waals surface area contributed by atoms with Crippen molar-refractivity contribution in [2.75, 3.05) is 26.3 Å². The van der Waals surface area contributed by atoms with Crippen LogP contribution >= 0.6 is 0 Å². The maximum absolute atomic E-state index is 11.2. The molecule has 4 N–H and O–H groups in total. The molecule has 0 aromatic heterocycles. The zero-order valence-electron chi connectivity index (χ0n) is 15.3. The van der Waals surface area contributed by atoms with Gasteiger partial charge in [0.1, 0.15) is 0 Å². The van der Waals surface area contributed by atoms with E-state index in [2.05, 4.69) is 10.6 Å². The van der Waals surface area contributed by atoms with E-state index in [0.29, 0.717) is 37.1 Å². The minimum atomic E-state index is 0. The largest absolute Gasteiger partial charge is 0.396 e. The van der Waals surface area contributed by atoms with E-state index in [9.17, 15) is 9.59 Å². The van der Waals surface area contributed by atoms with Crippen molar-refractivity contribution in [2.45, 2.75) is 12.8 Å². The Hall–Kier alpha value is -1.66. The van der Waals surface area contributed by atoms with Crippen molar-refractivity contribution in [3.05, 3.63) is 72.2 Å². The molecule has 6 nitrogen and oxygen atoms in total. The van der Waals surface area contributed by atoms with Crippen molar-refractivity contribution in [1.82, 2.24) is 10.6 Å². The summed E-state index contributed by atoms with van der Waals surface area (Å²) in [4.78, 5) is 22.3. The number of hydrogen-bond acceptors (Lipinski definition) is 6. The molecule has 162 valence electrons. The normalized spacial score (nSPS) is 16.9. The zero-order chi connectivity index (χ0) is 19.0. The van der Waals surface area contributed by atoms with Crippen molar-refractivity contribution in [1.29, 1.82) is 0 Å². The van der Waals surface area contributed by atoms with E-state index in [0.717, 1.165) is 0 Å². The molecule has 0 fully saturated rings. The first-order chi connectivity index (χ1) is 12.7. The quantitative estimate of drug-likeness (QED) is 0.233. The van der Waals surface area contributed by atoms with Gasteiger partial charge >= 0.3 is 0 Å². The van der Waals surface area contributed by atoms with Gasteiger partial charge in [-0.25, -0.2) is 0 Å². The molecule has 0 aromatic rings. The Morgan fingerprint density at radius 3 is 1.36 bits per heavy atom. The fourth-order valence-corrected chi connectivity index (χ4v) is 1.93. The van der Waals surface area contributed by atoms with Gasteiger partial charge < -0.3 is 20.8 Å². The van der Waals surface area contributed by atoms with Gasteiger partial charge in [-0.3, -0.25) is 9.59 Å². The number of carbonyl (C=O) groups is 2. The summed E-state index contributed by atoms with van der Waals surface area (Å²) >= 11 is 0. The molecule has 8 heteroatoms. The Kier molecular flexibility index (Phi) is 19.1. The molecule has 2 aliphatic carbocycles. The van der Waals surface area contributed by atoms with Gasteiger partial charge in [-0.05, 0) is 37.1 Å². The summed E-state index contributed by atoms with van der Waals surface area (Å²) in [5, 5.41) is 22.9. The van der Waals surface area contributed by atoms with Crippen LogP contribution in [-0.4, -0.2) is 48.1 Å². The van der Waals surface area contributed by atoms with Crippen LogP contribution in [-0.2, 0) is 43.7 Å². The van der Waals surface area contributed by atoms with E-state index in [1.54, 1.807) is 36.7 Å². The molecule has 0 atom stereocenters. The summed E-state index contributed by atoms with van der Waals surface area (Å²) in [6, 6.07) is 0. The summed E-state index contributed by atoms with van der Waals surface area (Å²) in [6.07, 6.45) is 18.4. The number of nitrogens with one attached hydrogen (secondary N) is 2. The maximum atomic E-state index is 11.2. The average Bonchev–Trinajstić information content (AvgIpc) is 2.66. The number of aliphatic hydroxyl groups excluding tert-OH is 2. The van der Waals surface area contributed by atoms with E-state index in [-0.39, 0.29) is 58.9 Å². The number of carbonyl (C=O) groups excluding carboxylic acids is 2. The fraction of sp³-hybridized carbons (Fsp3) is 0.300. The standard InChI is InChI=1S/2C10H13NO2.2Cu/c2*12-7-3-6-11-8-9-4-1-2-5-10(9)13;;/h2*1-2,4-5,8,11-12H,3,6-7H2;;/b2*9-8-;;. The van der Waals surface area contributed by atoms with Crippen LogP contribution in [0.25, 0.3) is 0 Å². The second-order valence-electron chi connectivity index (χ2n) is 5.43. The number of allylic oxidation sites excluding steroid dienone is 10. The first kappa shape index (κ1) is 28.5. The van der Waals surface area contributed by atoms with Gasteiger partial charge in [-0.15, -0.1) is 0 Å². The van der Waals surface area contributed by atoms with Gasteiger partial charge in [0.25, 0.3) is 0 Å². The summed E-state index contributed by atoms with van der Waals surface area (Å²) in [6.45, 7) is 1.70. The second kappa shape index (κ2) is 18.7. The number of aliphatic hydroxyl groups is 2. The Bertz CT molecular complexity index is 595. The SMILES string of the molecule is O=C1C=CC=C/C1=C/NCCCO.O=C1C=CC=C/C1=C/NCCCO.[Cu].[Cu]. The molecule has 0 aromatic carbocycles. The molecular weight excluding hydrogens is 459 g/mol. The minimum absolute atomic E-state index is 0. The molecule has 0 bridgehead atoms. The van der Waals surface area contributed by atoms with Gasteiger partial charge in [0.15, 0.2) is 11.6 Å². The fourth-order valence-electron chi connectivity index (χ4n) is 1.93. The molecule has 2 radical (unpaired) electrons. The molecular formula is C20H26Cu2N2O4. The van der Waals surface area contributed by atoms with Crippen LogP contribution in [0.2, 0.25) is 0 Å². The maximum Gasteiger partial charge on any atom is 0.187 e. The van der Waals surface area contributed by atoms with E-state index < -0.39 is 0 Å². The van der Waals surface area contributed by atoms with E-state index >= 15 is 0 Å². The molecule has 2 aliphatic rings. The van der Waals surface area contributed by atoms with Gasteiger partial charge in [0.2, 0.25) is 0 Å². The smallest absolute Gasteiger partial charge is 0.187 e. The van der Waals surface area contributed by atoms with E-state index in [1.807, 2.05) is 12.2 Å². The molecule has 0 saturated carbocycles. The third-order valence-electron chi connectivity index (χ3n) is 3.31. The van der Waals surface area contributed by atoms with Crippen molar-refractivity contribution in [3.63, 3.8) is 0 Å². The summed E-state index contributed by atoms with van der Waals surface area (Å²) in [5.74, 6) is 0.0259. The number of ketones is 2. The predicted molar refractivity (Wildman–Crippen MR) is 102 cm³/mol. The van der Waals surface area contributed by atoms with Crippen LogP contribution in [0.3, 0.4) is 0 Å². The summed E-state index contributed by atoms with van der Waals surface area (Å²) in [7, 11) is 0. The van der Waals surface area contributed by atoms with Gasteiger partial charge in [-0.1, -0.05) is 24.3 Å². The monoisotopic (exact) mass is 484 g/mol. The van der Waals surface area contributed by atoms with Crippen molar-refractivity contribution in [3.8, 4) is 0 Å². The Morgan fingerprint density at radius 2 is 1.04 bits per heavy atom. The molecule has 0 saturated heterocycles. The molecule has 2 rings (SSSR count). The van der Waals surface area contributed by atoms with Crippen LogP contribution in [0.15, 0.2) is 72.2 Å². The van der Waals surface area contributed by atoms with Crippen LogP contribution in [0.4, 0.5) is 0 Å². The first-order valence-corrected chi connectivity index (χ1v) is 8.56. The first-order valence-electron chi connectivity index (χ1n) is 8.56. The van der Waals surface area contributed by atoms with Crippen molar-refractivity contribution < 1.29 is 53.9 Å². The topological polar surface area (TPSA) is 98.7 Å². The predicted octanol–water partition coefficient (Wildman–Crippen LogP) is 1.07. The Labute approximate surface area is 187 Å². The Morgan fingerprint density at radius 1 is 0.679 bits per heavy atom. The minimum Gasteiger partial charge on any atom is -0.396 e. The second-order valence-corrected chi connectivity index (χ2v) is 5.43. The van der Waals surface area contributed by atoms with E-state index in [4.69, 9.17) is 10.2 Å². The molecule has 0 heterocycles. The molecule has 0 unspecified atom stereocenters. The molecule has 0 spiro atoms. The van der Waals surface area contributed by atoms with Crippen molar-refractivity contribution in [2.24, 2.45) is 0 Å². The van der Waals surface area contributed by atoms with Crippen LogP contribution in [0.5, 0.6) is 0 Å². The van der Waals surface area contributed by atoms with Crippen LogP contribution in [0.1, 0.15) is 12.8 Å². The van der Waals surface area contributed by atoms with Crippen LogP contribution < -0.4 is 10.6 Å². The van der Waals surface area contributed by atoms with Crippen molar-refractivity contribution >= 4 is 11.6 Å². The van der Waals surface area contributed by atoms with E-state index in [1.165, 1.54) is 12.2 Å². The Balaban J connectivity index is 0.